The molecule has 0 spiro atoms. The third kappa shape index (κ3) is 3.92. The Morgan fingerprint density at radius 1 is 1.33 bits per heavy atom. The van der Waals surface area contributed by atoms with E-state index in [0.29, 0.717) is 16.6 Å². The van der Waals surface area contributed by atoms with Crippen molar-refractivity contribution >= 4 is 17.3 Å². The fourth-order valence-corrected chi connectivity index (χ4v) is 2.21. The quantitative estimate of drug-likeness (QED) is 0.701. The van der Waals surface area contributed by atoms with E-state index in [9.17, 15) is 0 Å². The lowest BCUT2D eigenvalue weighted by molar-refractivity contribution is 0.626. The largest absolute Gasteiger partial charge is 0.369 e. The average Bonchev–Trinajstić information content (AvgIpc) is 2.34. The molecule has 98 valence electrons. The maximum Gasteiger partial charge on any atom is 0.101 e. The molecule has 0 atom stereocenters. The normalized spacial score (nSPS) is 10.4. The zero-order chi connectivity index (χ0) is 13.5. The molecule has 0 aliphatic heterocycles. The minimum Gasteiger partial charge on any atom is -0.369 e. The molecule has 1 rings (SSSR count). The van der Waals surface area contributed by atoms with Gasteiger partial charge in [-0.05, 0) is 38.5 Å². The Kier molecular flexibility index (Phi) is 6.01. The number of benzene rings is 1. The summed E-state index contributed by atoms with van der Waals surface area (Å²) in [6.45, 7) is 7.60. The second kappa shape index (κ2) is 7.28. The van der Waals surface area contributed by atoms with Crippen LogP contribution in [0, 0.1) is 11.3 Å². The van der Waals surface area contributed by atoms with Crippen LogP contribution in [0.1, 0.15) is 45.6 Å². The van der Waals surface area contributed by atoms with Gasteiger partial charge in [-0.1, -0.05) is 31.4 Å². The lowest BCUT2D eigenvalue weighted by Gasteiger charge is -2.29. The molecule has 1 aromatic rings. The van der Waals surface area contributed by atoms with Gasteiger partial charge >= 0.3 is 0 Å². The molecule has 0 saturated heterocycles. The van der Waals surface area contributed by atoms with Crippen molar-refractivity contribution < 1.29 is 0 Å². The van der Waals surface area contributed by atoms with E-state index in [1.165, 1.54) is 19.3 Å². The van der Waals surface area contributed by atoms with Crippen molar-refractivity contribution in [3.05, 3.63) is 28.8 Å². The van der Waals surface area contributed by atoms with Crippen molar-refractivity contribution in [3.8, 4) is 6.07 Å². The number of nitrogens with zero attached hydrogens (tertiary/aromatic N) is 2. The van der Waals surface area contributed by atoms with E-state index in [1.807, 2.05) is 12.1 Å². The van der Waals surface area contributed by atoms with Crippen LogP contribution in [0.25, 0.3) is 0 Å². The summed E-state index contributed by atoms with van der Waals surface area (Å²) in [6, 6.07) is 8.20. The highest BCUT2D eigenvalue weighted by atomic mass is 35.5. The third-order valence-corrected chi connectivity index (χ3v) is 3.34. The van der Waals surface area contributed by atoms with Gasteiger partial charge in [0.1, 0.15) is 6.07 Å². The number of halogens is 1. The Hall–Kier alpha value is -1.20. The van der Waals surface area contributed by atoms with Crippen molar-refractivity contribution in [2.75, 3.05) is 11.4 Å². The van der Waals surface area contributed by atoms with E-state index in [2.05, 4.69) is 31.7 Å². The first-order valence-electron chi connectivity index (χ1n) is 6.56. The van der Waals surface area contributed by atoms with E-state index in [0.717, 1.165) is 12.2 Å². The number of hydrogen-bond donors (Lipinski definition) is 0. The first-order chi connectivity index (χ1) is 8.60. The van der Waals surface area contributed by atoms with E-state index in [-0.39, 0.29) is 0 Å². The van der Waals surface area contributed by atoms with Gasteiger partial charge in [0.2, 0.25) is 0 Å². The minimum absolute atomic E-state index is 0.436. The molecule has 18 heavy (non-hydrogen) atoms. The van der Waals surface area contributed by atoms with Crippen molar-refractivity contribution in [1.82, 2.24) is 0 Å². The molecule has 0 aliphatic carbocycles. The average molecular weight is 265 g/mol. The van der Waals surface area contributed by atoms with Crippen LogP contribution in [0.2, 0.25) is 5.02 Å². The summed E-state index contributed by atoms with van der Waals surface area (Å²) in [5.41, 5.74) is 1.64. The summed E-state index contributed by atoms with van der Waals surface area (Å²) in [5.74, 6) is 0. The summed E-state index contributed by atoms with van der Waals surface area (Å²) in [7, 11) is 0. The maximum atomic E-state index is 8.88. The second-order valence-corrected chi connectivity index (χ2v) is 5.18. The van der Waals surface area contributed by atoms with Crippen molar-refractivity contribution in [1.29, 1.82) is 5.26 Å². The molecule has 0 heterocycles. The van der Waals surface area contributed by atoms with Crippen molar-refractivity contribution in [2.24, 2.45) is 0 Å². The second-order valence-electron chi connectivity index (χ2n) is 4.77. The predicted octanol–water partition coefficient (Wildman–Crippen LogP) is 4.62. The van der Waals surface area contributed by atoms with E-state index in [1.54, 1.807) is 6.07 Å². The summed E-state index contributed by atoms with van der Waals surface area (Å²) in [6.07, 6.45) is 3.65. The highest BCUT2D eigenvalue weighted by molar-refractivity contribution is 6.32. The minimum atomic E-state index is 0.436. The van der Waals surface area contributed by atoms with Gasteiger partial charge in [-0.15, -0.1) is 0 Å². The topological polar surface area (TPSA) is 27.0 Å². The molecule has 2 nitrogen and oxygen atoms in total. The number of rotatable bonds is 6. The summed E-state index contributed by atoms with van der Waals surface area (Å²) >= 11 is 6.09. The standard InChI is InChI=1S/C15H21ClN2/c1-4-5-6-9-18(12(2)3)14-8-7-13(11-17)15(16)10-14/h7-8,10,12H,4-6,9H2,1-3H3. The van der Waals surface area contributed by atoms with Crippen LogP contribution in [0.15, 0.2) is 18.2 Å². The first kappa shape index (κ1) is 14.9. The molecular weight excluding hydrogens is 244 g/mol. The fourth-order valence-electron chi connectivity index (χ4n) is 1.99. The molecule has 0 saturated carbocycles. The molecule has 0 aliphatic rings. The molecule has 0 fully saturated rings. The van der Waals surface area contributed by atoms with Gasteiger partial charge in [0.15, 0.2) is 0 Å². The Balaban J connectivity index is 2.86. The van der Waals surface area contributed by atoms with Gasteiger partial charge in [-0.3, -0.25) is 0 Å². The van der Waals surface area contributed by atoms with Crippen molar-refractivity contribution in [3.63, 3.8) is 0 Å². The molecule has 3 heteroatoms. The Labute approximate surface area is 115 Å². The number of anilines is 1. The summed E-state index contributed by atoms with van der Waals surface area (Å²) in [4.78, 5) is 2.34. The monoisotopic (exact) mass is 264 g/mol. The zero-order valence-corrected chi connectivity index (χ0v) is 12.2. The number of hydrogen-bond acceptors (Lipinski definition) is 2. The predicted molar refractivity (Wildman–Crippen MR) is 78.2 cm³/mol. The van der Waals surface area contributed by atoms with Gasteiger partial charge < -0.3 is 4.90 Å². The molecule has 0 amide bonds. The smallest absolute Gasteiger partial charge is 0.101 e. The maximum absolute atomic E-state index is 8.88. The van der Waals surface area contributed by atoms with E-state index in [4.69, 9.17) is 16.9 Å². The Morgan fingerprint density at radius 3 is 2.56 bits per heavy atom. The first-order valence-corrected chi connectivity index (χ1v) is 6.94. The fraction of sp³-hybridized carbons (Fsp3) is 0.533. The Morgan fingerprint density at radius 2 is 2.06 bits per heavy atom. The zero-order valence-electron chi connectivity index (χ0n) is 11.4. The van der Waals surface area contributed by atoms with E-state index < -0.39 is 0 Å². The molecule has 0 unspecified atom stereocenters. The third-order valence-electron chi connectivity index (χ3n) is 3.03. The lowest BCUT2D eigenvalue weighted by Crippen LogP contribution is -2.31. The van der Waals surface area contributed by atoms with Gasteiger partial charge in [-0.2, -0.15) is 5.26 Å². The van der Waals surface area contributed by atoms with Crippen LogP contribution >= 0.6 is 11.6 Å². The van der Waals surface area contributed by atoms with Gasteiger partial charge in [-0.25, -0.2) is 0 Å². The van der Waals surface area contributed by atoms with Gasteiger partial charge in [0, 0.05) is 18.3 Å². The van der Waals surface area contributed by atoms with Crippen LogP contribution in [0.3, 0.4) is 0 Å². The SMILES string of the molecule is CCCCCN(c1ccc(C#N)c(Cl)c1)C(C)C. The Bertz CT molecular complexity index is 421. The highest BCUT2D eigenvalue weighted by Gasteiger charge is 2.11. The number of nitriles is 1. The summed E-state index contributed by atoms with van der Waals surface area (Å²) in [5, 5.41) is 9.42. The van der Waals surface area contributed by atoms with Crippen LogP contribution in [-0.4, -0.2) is 12.6 Å². The van der Waals surface area contributed by atoms with E-state index >= 15 is 0 Å². The molecular formula is C15H21ClN2. The van der Waals surface area contributed by atoms with Crippen LogP contribution in [0.5, 0.6) is 0 Å². The molecule has 0 aromatic heterocycles. The number of unbranched alkanes of at least 4 members (excludes halogenated alkanes) is 2. The molecule has 0 N–H and O–H groups in total. The van der Waals surface area contributed by atoms with Crippen LogP contribution < -0.4 is 4.90 Å². The van der Waals surface area contributed by atoms with Crippen LogP contribution in [0.4, 0.5) is 5.69 Å². The van der Waals surface area contributed by atoms with Gasteiger partial charge in [0.25, 0.3) is 0 Å². The molecule has 0 radical (unpaired) electrons. The summed E-state index contributed by atoms with van der Waals surface area (Å²) < 4.78 is 0. The highest BCUT2D eigenvalue weighted by Crippen LogP contribution is 2.25. The molecule has 1 aromatic carbocycles. The van der Waals surface area contributed by atoms with Crippen molar-refractivity contribution in [2.45, 2.75) is 46.1 Å². The van der Waals surface area contributed by atoms with Gasteiger partial charge in [0.05, 0.1) is 10.6 Å². The molecule has 0 bridgehead atoms. The van der Waals surface area contributed by atoms with Crippen LogP contribution in [-0.2, 0) is 0 Å². The lowest BCUT2D eigenvalue weighted by atomic mass is 10.1.